The Kier molecular flexibility index (Phi) is 4.35. The highest BCUT2D eigenvalue weighted by atomic mass is 79.9. The summed E-state index contributed by atoms with van der Waals surface area (Å²) in [6, 6.07) is 0. The first-order valence-electron chi connectivity index (χ1n) is 4.11. The van der Waals surface area contributed by atoms with Crippen LogP contribution in [0, 0.1) is 17.5 Å². The summed E-state index contributed by atoms with van der Waals surface area (Å²) in [4.78, 5) is 11.4. The third-order valence-electron chi connectivity index (χ3n) is 1.83. The second-order valence-electron chi connectivity index (χ2n) is 2.90. The lowest BCUT2D eigenvalue weighted by Crippen LogP contribution is -2.21. The Hall–Kier alpha value is -0.590. The van der Waals surface area contributed by atoms with Gasteiger partial charge in [0.05, 0.1) is 21.6 Å². The molecule has 0 saturated heterocycles. The lowest BCUT2D eigenvalue weighted by Gasteiger charge is -2.08. The number of benzene rings is 1. The summed E-state index contributed by atoms with van der Waals surface area (Å²) in [6.07, 6.45) is 0. The predicted molar refractivity (Wildman–Crippen MR) is 57.3 cm³/mol. The number of hydrogen-bond donors (Lipinski definition) is 1. The maximum Gasteiger partial charge on any atom is 0.181 e. The molecule has 1 N–H and O–H groups in total. The number of halogens is 5. The molecule has 0 spiro atoms. The summed E-state index contributed by atoms with van der Waals surface area (Å²) >= 11 is 7.95. The molecule has 0 atom stereocenters. The van der Waals surface area contributed by atoms with Crippen molar-refractivity contribution in [3.8, 4) is 0 Å². The van der Waals surface area contributed by atoms with Crippen LogP contribution in [0.5, 0.6) is 0 Å². The second-order valence-corrected chi connectivity index (χ2v) is 4.07. The zero-order chi connectivity index (χ0) is 12.5. The van der Waals surface area contributed by atoms with Gasteiger partial charge in [-0.15, -0.1) is 0 Å². The second kappa shape index (κ2) is 5.16. The molecule has 0 heterocycles. The molecule has 0 bridgehead atoms. The fourth-order valence-corrected chi connectivity index (χ4v) is 1.87. The molecule has 0 aliphatic rings. The van der Waals surface area contributed by atoms with Crippen molar-refractivity contribution in [3.05, 3.63) is 32.5 Å². The lowest BCUT2D eigenvalue weighted by molar-refractivity contribution is 0.0988. The van der Waals surface area contributed by atoms with Gasteiger partial charge < -0.3 is 5.32 Å². The monoisotopic (exact) mass is 315 g/mol. The van der Waals surface area contributed by atoms with E-state index in [1.165, 1.54) is 7.05 Å². The summed E-state index contributed by atoms with van der Waals surface area (Å²) in [5.41, 5.74) is -0.783. The number of hydrogen-bond acceptors (Lipinski definition) is 2. The van der Waals surface area contributed by atoms with Crippen molar-refractivity contribution < 1.29 is 18.0 Å². The van der Waals surface area contributed by atoms with E-state index in [-0.39, 0.29) is 6.54 Å². The third-order valence-corrected chi connectivity index (χ3v) is 2.88. The van der Waals surface area contributed by atoms with Gasteiger partial charge in [0.15, 0.2) is 23.2 Å². The van der Waals surface area contributed by atoms with Gasteiger partial charge in [0.25, 0.3) is 0 Å². The molecule has 1 aromatic rings. The fraction of sp³-hybridized carbons (Fsp3) is 0.222. The molecule has 0 saturated carbocycles. The van der Waals surface area contributed by atoms with Crippen molar-refractivity contribution >= 4 is 33.3 Å². The fourth-order valence-electron chi connectivity index (χ4n) is 1.10. The highest BCUT2D eigenvalue weighted by molar-refractivity contribution is 9.10. The van der Waals surface area contributed by atoms with Gasteiger partial charge in [-0.1, -0.05) is 11.6 Å². The summed E-state index contributed by atoms with van der Waals surface area (Å²) < 4.78 is 39.1. The maximum atomic E-state index is 13.4. The van der Waals surface area contributed by atoms with Crippen molar-refractivity contribution in [1.29, 1.82) is 0 Å². The molecule has 1 rings (SSSR count). The molecule has 2 nitrogen and oxygen atoms in total. The Bertz CT molecular complexity index is 424. The highest BCUT2D eigenvalue weighted by Gasteiger charge is 2.26. The first-order chi connectivity index (χ1) is 7.41. The Balaban J connectivity index is 3.45. The molecule has 0 amide bonds. The molecule has 0 unspecified atom stereocenters. The van der Waals surface area contributed by atoms with Gasteiger partial charge in [-0.05, 0) is 23.0 Å². The summed E-state index contributed by atoms with van der Waals surface area (Å²) in [5, 5.41) is 1.71. The van der Waals surface area contributed by atoms with E-state index in [0.717, 1.165) is 0 Å². The Morgan fingerprint density at radius 2 is 1.88 bits per heavy atom. The Morgan fingerprint density at radius 1 is 1.31 bits per heavy atom. The average molecular weight is 317 g/mol. The van der Waals surface area contributed by atoms with Crippen LogP contribution in [0.25, 0.3) is 0 Å². The molecule has 0 fully saturated rings. The van der Waals surface area contributed by atoms with E-state index in [2.05, 4.69) is 21.2 Å². The number of carbonyl (C=O) groups is 1. The van der Waals surface area contributed by atoms with Crippen LogP contribution < -0.4 is 5.32 Å². The van der Waals surface area contributed by atoms with Crippen LogP contribution in [0.4, 0.5) is 13.2 Å². The maximum absolute atomic E-state index is 13.4. The molecule has 16 heavy (non-hydrogen) atoms. The van der Waals surface area contributed by atoms with Crippen LogP contribution in [0.3, 0.4) is 0 Å². The number of carbonyl (C=O) groups excluding carboxylic acids is 1. The van der Waals surface area contributed by atoms with Gasteiger partial charge in [0.1, 0.15) is 0 Å². The quantitative estimate of drug-likeness (QED) is 0.528. The number of rotatable bonds is 3. The summed E-state index contributed by atoms with van der Waals surface area (Å²) in [6.45, 7) is -0.267. The molecule has 0 radical (unpaired) electrons. The van der Waals surface area contributed by atoms with Crippen LogP contribution in [-0.2, 0) is 0 Å². The topological polar surface area (TPSA) is 29.1 Å². The first kappa shape index (κ1) is 13.5. The average Bonchev–Trinajstić information content (AvgIpc) is 2.24. The van der Waals surface area contributed by atoms with E-state index >= 15 is 0 Å². The SMILES string of the molecule is CNCC(=O)c1c(F)c(F)c(Br)c(F)c1Cl. The van der Waals surface area contributed by atoms with Gasteiger partial charge >= 0.3 is 0 Å². The number of ketones is 1. The van der Waals surface area contributed by atoms with Crippen LogP contribution in [0.15, 0.2) is 4.47 Å². The third kappa shape index (κ3) is 2.23. The molecule has 88 valence electrons. The van der Waals surface area contributed by atoms with Crippen molar-refractivity contribution in [2.75, 3.05) is 13.6 Å². The van der Waals surface area contributed by atoms with Gasteiger partial charge in [-0.25, -0.2) is 13.2 Å². The molecule has 0 aliphatic carbocycles. The van der Waals surface area contributed by atoms with Gasteiger partial charge in [-0.2, -0.15) is 0 Å². The number of likely N-dealkylation sites (N-methyl/N-ethyl adjacent to an activating group) is 1. The molecule has 0 aliphatic heterocycles. The minimum atomic E-state index is -1.47. The zero-order valence-corrected chi connectivity index (χ0v) is 10.3. The first-order valence-corrected chi connectivity index (χ1v) is 5.28. The van der Waals surface area contributed by atoms with Crippen LogP contribution in [-0.4, -0.2) is 19.4 Å². The molecule has 0 aromatic heterocycles. The molecule has 7 heteroatoms. The van der Waals surface area contributed by atoms with Crippen molar-refractivity contribution in [1.82, 2.24) is 5.32 Å². The number of Topliss-reactive ketones (excluding diaryl/α,β-unsaturated/α-hetero) is 1. The van der Waals surface area contributed by atoms with E-state index in [4.69, 9.17) is 11.6 Å². The minimum Gasteiger partial charge on any atom is -0.313 e. The van der Waals surface area contributed by atoms with Crippen LogP contribution >= 0.6 is 27.5 Å². The van der Waals surface area contributed by atoms with E-state index in [0.29, 0.717) is 0 Å². The predicted octanol–water partition coefficient (Wildman–Crippen LogP) is 2.92. The van der Waals surface area contributed by atoms with Gasteiger partial charge in [0, 0.05) is 0 Å². The van der Waals surface area contributed by atoms with E-state index in [9.17, 15) is 18.0 Å². The van der Waals surface area contributed by atoms with E-state index < -0.39 is 38.3 Å². The normalized spacial score (nSPS) is 10.6. The standard InChI is InChI=1S/C9H6BrClF3NO/c1-15-2-3(16)4-6(11)8(13)5(10)9(14)7(4)12/h15H,2H2,1H3. The Labute approximate surface area is 103 Å². The van der Waals surface area contributed by atoms with E-state index in [1.54, 1.807) is 0 Å². The summed E-state index contributed by atoms with van der Waals surface area (Å²) in [5.74, 6) is -4.95. The van der Waals surface area contributed by atoms with Gasteiger partial charge in [-0.3, -0.25) is 4.79 Å². The number of nitrogens with one attached hydrogen (secondary N) is 1. The molecular formula is C9H6BrClF3NO. The van der Waals surface area contributed by atoms with Crippen LogP contribution in [0.2, 0.25) is 5.02 Å². The van der Waals surface area contributed by atoms with Crippen LogP contribution in [0.1, 0.15) is 10.4 Å². The highest BCUT2D eigenvalue weighted by Crippen LogP contribution is 2.32. The molecule has 1 aromatic carbocycles. The van der Waals surface area contributed by atoms with E-state index in [1.807, 2.05) is 0 Å². The zero-order valence-electron chi connectivity index (χ0n) is 8.01. The van der Waals surface area contributed by atoms with Crippen molar-refractivity contribution in [3.63, 3.8) is 0 Å². The minimum absolute atomic E-state index is 0.267. The smallest absolute Gasteiger partial charge is 0.181 e. The Morgan fingerprint density at radius 3 is 2.38 bits per heavy atom. The largest absolute Gasteiger partial charge is 0.313 e. The van der Waals surface area contributed by atoms with Gasteiger partial charge in [0.2, 0.25) is 0 Å². The summed E-state index contributed by atoms with van der Waals surface area (Å²) in [7, 11) is 1.44. The molecular weight excluding hydrogens is 310 g/mol. The van der Waals surface area contributed by atoms with Crippen molar-refractivity contribution in [2.24, 2.45) is 0 Å². The van der Waals surface area contributed by atoms with Crippen molar-refractivity contribution in [2.45, 2.75) is 0 Å². The lowest BCUT2D eigenvalue weighted by atomic mass is 10.1.